The van der Waals surface area contributed by atoms with Gasteiger partial charge in [0.1, 0.15) is 6.04 Å². The van der Waals surface area contributed by atoms with Gasteiger partial charge >= 0.3 is 0 Å². The molecule has 0 unspecified atom stereocenters. The topological polar surface area (TPSA) is 79.3 Å². The molecule has 1 aliphatic heterocycles. The minimum absolute atomic E-state index is 0.189. The number of anilines is 2. The van der Waals surface area contributed by atoms with Crippen LogP contribution in [-0.2, 0) is 10.0 Å². The van der Waals surface area contributed by atoms with E-state index in [2.05, 4.69) is 67.9 Å². The highest BCUT2D eigenvalue weighted by molar-refractivity contribution is 7.92. The summed E-state index contributed by atoms with van der Waals surface area (Å²) in [6.45, 7) is 3.96. The summed E-state index contributed by atoms with van der Waals surface area (Å²) in [5, 5.41) is 4.07. The van der Waals surface area contributed by atoms with Crippen LogP contribution in [-0.4, -0.2) is 29.3 Å². The van der Waals surface area contributed by atoms with Crippen molar-refractivity contribution in [3.8, 4) is 5.69 Å². The Bertz CT molecular complexity index is 1530. The summed E-state index contributed by atoms with van der Waals surface area (Å²) >= 11 is 5.86. The third-order valence-electron chi connectivity index (χ3n) is 6.24. The lowest BCUT2D eigenvalue weighted by Gasteiger charge is -2.29. The molecule has 0 amide bonds. The minimum Gasteiger partial charge on any atom is -0.351 e. The Hall–Kier alpha value is -3.69. The Kier molecular flexibility index (Phi) is 6.27. The SMILES string of the molecule is Cc1cccc(-n2cccc2[C@H]2[C@H](c3ccccn3)NC(=S)N2c2ccc(NS(C)(=O)=O)c(C)c2)c1. The maximum Gasteiger partial charge on any atom is 0.229 e. The Morgan fingerprint density at radius 1 is 0.972 bits per heavy atom. The molecule has 1 aliphatic rings. The van der Waals surface area contributed by atoms with Crippen molar-refractivity contribution in [1.29, 1.82) is 0 Å². The van der Waals surface area contributed by atoms with Crippen molar-refractivity contribution < 1.29 is 8.42 Å². The van der Waals surface area contributed by atoms with Gasteiger partial charge < -0.3 is 14.8 Å². The summed E-state index contributed by atoms with van der Waals surface area (Å²) < 4.78 is 28.3. The van der Waals surface area contributed by atoms with E-state index in [4.69, 9.17) is 12.2 Å². The molecule has 0 saturated carbocycles. The molecular formula is C27H27N5O2S2. The number of sulfonamides is 1. The molecule has 7 nitrogen and oxygen atoms in total. The van der Waals surface area contributed by atoms with Crippen LogP contribution in [0.5, 0.6) is 0 Å². The first kappa shape index (κ1) is 24.0. The van der Waals surface area contributed by atoms with Crippen LogP contribution < -0.4 is 14.9 Å². The molecule has 184 valence electrons. The number of pyridine rings is 1. The number of benzene rings is 2. The predicted octanol–water partition coefficient (Wildman–Crippen LogP) is 5.04. The third-order valence-corrected chi connectivity index (χ3v) is 7.15. The normalized spacial score (nSPS) is 17.8. The van der Waals surface area contributed by atoms with Crippen LogP contribution in [0.3, 0.4) is 0 Å². The van der Waals surface area contributed by atoms with Gasteiger partial charge in [0.25, 0.3) is 0 Å². The molecule has 2 aromatic heterocycles. The number of rotatable bonds is 6. The number of aromatic nitrogens is 2. The lowest BCUT2D eigenvalue weighted by molar-refractivity contribution is 0.549. The van der Waals surface area contributed by atoms with Crippen LogP contribution in [0.4, 0.5) is 11.4 Å². The van der Waals surface area contributed by atoms with Gasteiger partial charge in [-0.1, -0.05) is 18.2 Å². The maximum absolute atomic E-state index is 11.8. The van der Waals surface area contributed by atoms with Gasteiger partial charge in [-0.25, -0.2) is 8.42 Å². The summed E-state index contributed by atoms with van der Waals surface area (Å²) in [4.78, 5) is 6.73. The van der Waals surface area contributed by atoms with Crippen molar-refractivity contribution in [2.75, 3.05) is 15.9 Å². The Morgan fingerprint density at radius 2 is 1.81 bits per heavy atom. The van der Waals surface area contributed by atoms with Gasteiger partial charge in [-0.15, -0.1) is 0 Å². The van der Waals surface area contributed by atoms with Crippen molar-refractivity contribution in [3.05, 3.63) is 108 Å². The minimum atomic E-state index is -3.39. The van der Waals surface area contributed by atoms with Crippen molar-refractivity contribution in [2.24, 2.45) is 0 Å². The Balaban J connectivity index is 1.64. The molecule has 0 aliphatic carbocycles. The average molecular weight is 518 g/mol. The summed E-state index contributed by atoms with van der Waals surface area (Å²) in [6.07, 6.45) is 4.99. The van der Waals surface area contributed by atoms with Crippen molar-refractivity contribution >= 4 is 38.7 Å². The van der Waals surface area contributed by atoms with Gasteiger partial charge in [0, 0.05) is 29.5 Å². The molecular weight excluding hydrogens is 490 g/mol. The molecule has 4 aromatic rings. The van der Waals surface area contributed by atoms with Gasteiger partial charge in [-0.3, -0.25) is 9.71 Å². The maximum atomic E-state index is 11.8. The highest BCUT2D eigenvalue weighted by atomic mass is 32.2. The van der Waals surface area contributed by atoms with E-state index in [1.807, 2.05) is 43.3 Å². The van der Waals surface area contributed by atoms with E-state index in [0.717, 1.165) is 34.6 Å². The summed E-state index contributed by atoms with van der Waals surface area (Å²) in [5.74, 6) is 0. The highest BCUT2D eigenvalue weighted by Crippen LogP contribution is 2.43. The van der Waals surface area contributed by atoms with Crippen molar-refractivity contribution in [2.45, 2.75) is 25.9 Å². The van der Waals surface area contributed by atoms with E-state index in [1.54, 1.807) is 12.3 Å². The fraction of sp³-hybridized carbons (Fsp3) is 0.185. The predicted molar refractivity (Wildman–Crippen MR) is 148 cm³/mol. The second-order valence-electron chi connectivity index (χ2n) is 9.01. The number of nitrogens with one attached hydrogen (secondary N) is 2. The highest BCUT2D eigenvalue weighted by Gasteiger charge is 2.42. The van der Waals surface area contributed by atoms with Crippen LogP contribution in [0.2, 0.25) is 0 Å². The Morgan fingerprint density at radius 3 is 2.50 bits per heavy atom. The summed E-state index contributed by atoms with van der Waals surface area (Å²) in [6, 6.07) is 23.6. The molecule has 2 atom stereocenters. The quantitative estimate of drug-likeness (QED) is 0.349. The Labute approximate surface area is 216 Å². The lowest BCUT2D eigenvalue weighted by Crippen LogP contribution is -2.30. The first-order valence-electron chi connectivity index (χ1n) is 11.5. The van der Waals surface area contributed by atoms with Crippen LogP contribution >= 0.6 is 12.2 Å². The van der Waals surface area contributed by atoms with Gasteiger partial charge in [0.2, 0.25) is 10.0 Å². The fourth-order valence-corrected chi connectivity index (χ4v) is 5.67. The smallest absolute Gasteiger partial charge is 0.229 e. The van der Waals surface area contributed by atoms with Gasteiger partial charge in [0.15, 0.2) is 5.11 Å². The number of thiocarbonyl (C=S) groups is 1. The number of hydrogen-bond acceptors (Lipinski definition) is 4. The summed E-state index contributed by atoms with van der Waals surface area (Å²) in [5.41, 5.74) is 6.39. The van der Waals surface area contributed by atoms with E-state index in [-0.39, 0.29) is 12.1 Å². The van der Waals surface area contributed by atoms with Crippen LogP contribution in [0.15, 0.2) is 85.2 Å². The van der Waals surface area contributed by atoms with Crippen molar-refractivity contribution in [3.63, 3.8) is 0 Å². The zero-order chi connectivity index (χ0) is 25.4. The largest absolute Gasteiger partial charge is 0.351 e. The monoisotopic (exact) mass is 517 g/mol. The third kappa shape index (κ3) is 4.72. The molecule has 1 fully saturated rings. The van der Waals surface area contributed by atoms with E-state index in [0.29, 0.717) is 10.8 Å². The van der Waals surface area contributed by atoms with E-state index >= 15 is 0 Å². The number of hydrogen-bond donors (Lipinski definition) is 2. The zero-order valence-electron chi connectivity index (χ0n) is 20.2. The second-order valence-corrected chi connectivity index (χ2v) is 11.1. The van der Waals surface area contributed by atoms with Crippen molar-refractivity contribution in [1.82, 2.24) is 14.9 Å². The first-order valence-corrected chi connectivity index (χ1v) is 13.8. The van der Waals surface area contributed by atoms with Gasteiger partial charge in [-0.2, -0.15) is 0 Å². The van der Waals surface area contributed by atoms with E-state index in [1.165, 1.54) is 5.56 Å². The van der Waals surface area contributed by atoms with Crippen LogP contribution in [0, 0.1) is 13.8 Å². The van der Waals surface area contributed by atoms with Crippen LogP contribution in [0.25, 0.3) is 5.69 Å². The van der Waals surface area contributed by atoms with E-state index < -0.39 is 10.0 Å². The average Bonchev–Trinajstić information content (AvgIpc) is 3.44. The molecule has 9 heteroatoms. The molecule has 3 heterocycles. The van der Waals surface area contributed by atoms with Gasteiger partial charge in [0.05, 0.1) is 23.7 Å². The zero-order valence-corrected chi connectivity index (χ0v) is 21.8. The molecule has 36 heavy (non-hydrogen) atoms. The van der Waals surface area contributed by atoms with Crippen LogP contribution in [0.1, 0.15) is 34.6 Å². The van der Waals surface area contributed by atoms with Gasteiger partial charge in [-0.05, 0) is 91.8 Å². The second kappa shape index (κ2) is 9.40. The van der Waals surface area contributed by atoms with E-state index in [9.17, 15) is 8.42 Å². The lowest BCUT2D eigenvalue weighted by atomic mass is 10.00. The molecule has 2 N–H and O–H groups in total. The molecule has 0 radical (unpaired) electrons. The molecule has 5 rings (SSSR count). The molecule has 0 bridgehead atoms. The molecule has 0 spiro atoms. The summed E-state index contributed by atoms with van der Waals surface area (Å²) in [7, 11) is -3.39. The number of nitrogens with zero attached hydrogens (tertiary/aromatic N) is 3. The fourth-order valence-electron chi connectivity index (χ4n) is 4.69. The number of aryl methyl sites for hydroxylation is 2. The first-order chi connectivity index (χ1) is 17.2. The molecule has 1 saturated heterocycles. The standard InChI is InChI=1S/C27H27N5O2S2/c1-18-8-6-9-20(16-18)31-15-7-11-24(31)26-25(23-10-4-5-14-28-23)29-27(35)32(26)21-12-13-22(19(2)17-21)30-36(3,33)34/h4-17,25-26,30H,1-3H3,(H,29,35)/t25-,26-/m0/s1. The molecule has 2 aromatic carbocycles.